The van der Waals surface area contributed by atoms with Crippen LogP contribution in [0.25, 0.3) is 16.9 Å². The van der Waals surface area contributed by atoms with E-state index in [9.17, 15) is 4.79 Å². The highest BCUT2D eigenvalue weighted by Gasteiger charge is 2.23. The maximum atomic E-state index is 12.9. The predicted molar refractivity (Wildman–Crippen MR) is 114 cm³/mol. The summed E-state index contributed by atoms with van der Waals surface area (Å²) in [5.74, 6) is 0.960. The van der Waals surface area contributed by atoms with Crippen LogP contribution < -0.4 is 5.32 Å². The van der Waals surface area contributed by atoms with Gasteiger partial charge in [-0.1, -0.05) is 67.3 Å². The smallest absolute Gasteiger partial charge is 0.228 e. The highest BCUT2D eigenvalue weighted by atomic mass is 16.2. The van der Waals surface area contributed by atoms with Crippen LogP contribution in [0, 0.1) is 19.8 Å². The first-order valence-corrected chi connectivity index (χ1v) is 10.2. The Kier molecular flexibility index (Phi) is 5.29. The van der Waals surface area contributed by atoms with Gasteiger partial charge in [0.25, 0.3) is 0 Å². The molecule has 1 amide bonds. The number of aromatic nitrogens is 2. The van der Waals surface area contributed by atoms with Gasteiger partial charge in [-0.25, -0.2) is 4.68 Å². The maximum absolute atomic E-state index is 12.9. The number of para-hydroxylation sites is 1. The first-order valence-electron chi connectivity index (χ1n) is 10.2. The third-order valence-electron chi connectivity index (χ3n) is 5.63. The number of rotatable bonds is 4. The molecule has 1 aliphatic rings. The standard InChI is InChI=1S/C24H27N3O/c1-17-12-14-19(15-13-17)21-16-23(25-24(28)20-9-4-3-5-10-20)27(26-21)22-11-7-6-8-18(22)2/h6-8,11-16,20H,3-5,9-10H2,1-2H3,(H,25,28). The van der Waals surface area contributed by atoms with Gasteiger partial charge in [0.1, 0.15) is 5.82 Å². The summed E-state index contributed by atoms with van der Waals surface area (Å²) < 4.78 is 1.87. The van der Waals surface area contributed by atoms with Crippen LogP contribution in [0.1, 0.15) is 43.2 Å². The number of aryl methyl sites for hydroxylation is 2. The molecule has 1 fully saturated rings. The van der Waals surface area contributed by atoms with Crippen molar-refractivity contribution in [2.75, 3.05) is 5.32 Å². The van der Waals surface area contributed by atoms with Gasteiger partial charge in [0.2, 0.25) is 5.91 Å². The molecule has 28 heavy (non-hydrogen) atoms. The van der Waals surface area contributed by atoms with Gasteiger partial charge in [-0.05, 0) is 38.3 Å². The Morgan fingerprint density at radius 3 is 2.43 bits per heavy atom. The lowest BCUT2D eigenvalue weighted by molar-refractivity contribution is -0.120. The zero-order valence-corrected chi connectivity index (χ0v) is 16.6. The Bertz CT molecular complexity index is 966. The van der Waals surface area contributed by atoms with Crippen molar-refractivity contribution in [3.8, 4) is 16.9 Å². The second kappa shape index (κ2) is 8.01. The van der Waals surface area contributed by atoms with Gasteiger partial charge >= 0.3 is 0 Å². The Hall–Kier alpha value is -2.88. The normalized spacial score (nSPS) is 14.8. The molecule has 3 aromatic rings. The summed E-state index contributed by atoms with van der Waals surface area (Å²) >= 11 is 0. The van der Waals surface area contributed by atoms with E-state index in [2.05, 4.69) is 49.5 Å². The Morgan fingerprint density at radius 2 is 1.71 bits per heavy atom. The molecule has 1 saturated carbocycles. The molecule has 0 radical (unpaired) electrons. The lowest BCUT2D eigenvalue weighted by Crippen LogP contribution is -2.25. The Morgan fingerprint density at radius 1 is 1.00 bits per heavy atom. The fraction of sp³-hybridized carbons (Fsp3) is 0.333. The van der Waals surface area contributed by atoms with E-state index in [1.165, 1.54) is 12.0 Å². The van der Waals surface area contributed by atoms with Gasteiger partial charge in [-0.2, -0.15) is 5.10 Å². The molecule has 4 nitrogen and oxygen atoms in total. The fourth-order valence-corrected chi connectivity index (χ4v) is 3.91. The van der Waals surface area contributed by atoms with Crippen LogP contribution in [-0.4, -0.2) is 15.7 Å². The summed E-state index contributed by atoms with van der Waals surface area (Å²) in [5.41, 5.74) is 5.23. The summed E-state index contributed by atoms with van der Waals surface area (Å²) in [6.07, 6.45) is 5.49. The summed E-state index contributed by atoms with van der Waals surface area (Å²) in [5, 5.41) is 8.01. The maximum Gasteiger partial charge on any atom is 0.228 e. The minimum atomic E-state index is 0.108. The highest BCUT2D eigenvalue weighted by Crippen LogP contribution is 2.29. The number of carbonyl (C=O) groups excluding carboxylic acids is 1. The summed E-state index contributed by atoms with van der Waals surface area (Å²) in [7, 11) is 0. The topological polar surface area (TPSA) is 46.9 Å². The van der Waals surface area contributed by atoms with Crippen molar-refractivity contribution >= 4 is 11.7 Å². The summed E-state index contributed by atoms with van der Waals surface area (Å²) in [6.45, 7) is 4.14. The minimum Gasteiger partial charge on any atom is -0.310 e. The van der Waals surface area contributed by atoms with Crippen molar-refractivity contribution in [3.05, 3.63) is 65.7 Å². The van der Waals surface area contributed by atoms with Crippen LogP contribution >= 0.6 is 0 Å². The van der Waals surface area contributed by atoms with E-state index in [0.717, 1.165) is 54.0 Å². The average molecular weight is 374 g/mol. The second-order valence-corrected chi connectivity index (χ2v) is 7.80. The van der Waals surface area contributed by atoms with Crippen molar-refractivity contribution in [1.82, 2.24) is 9.78 Å². The molecule has 0 unspecified atom stereocenters. The van der Waals surface area contributed by atoms with Crippen molar-refractivity contribution in [1.29, 1.82) is 0 Å². The van der Waals surface area contributed by atoms with Gasteiger partial charge in [-0.15, -0.1) is 0 Å². The molecule has 1 N–H and O–H groups in total. The molecule has 1 aromatic heterocycles. The van der Waals surface area contributed by atoms with Gasteiger partial charge in [0, 0.05) is 17.5 Å². The zero-order chi connectivity index (χ0) is 19.5. The van der Waals surface area contributed by atoms with Crippen LogP contribution in [0.5, 0.6) is 0 Å². The van der Waals surface area contributed by atoms with E-state index in [1.54, 1.807) is 0 Å². The van der Waals surface area contributed by atoms with E-state index in [-0.39, 0.29) is 11.8 Å². The first kappa shape index (κ1) is 18.5. The molecule has 0 saturated heterocycles. The largest absolute Gasteiger partial charge is 0.310 e. The minimum absolute atomic E-state index is 0.108. The summed E-state index contributed by atoms with van der Waals surface area (Å²) in [6, 6.07) is 18.4. The van der Waals surface area contributed by atoms with E-state index in [1.807, 2.05) is 28.9 Å². The SMILES string of the molecule is Cc1ccc(-c2cc(NC(=O)C3CCCCC3)n(-c3ccccc3C)n2)cc1. The quantitative estimate of drug-likeness (QED) is 0.640. The van der Waals surface area contributed by atoms with Crippen molar-refractivity contribution in [2.24, 2.45) is 5.92 Å². The Labute approximate surface area is 166 Å². The number of hydrogen-bond donors (Lipinski definition) is 1. The average Bonchev–Trinajstić information content (AvgIpc) is 3.13. The van der Waals surface area contributed by atoms with E-state index in [4.69, 9.17) is 5.10 Å². The second-order valence-electron chi connectivity index (χ2n) is 7.80. The lowest BCUT2D eigenvalue weighted by Gasteiger charge is -2.21. The highest BCUT2D eigenvalue weighted by molar-refractivity contribution is 5.92. The fourth-order valence-electron chi connectivity index (χ4n) is 3.91. The molecule has 0 atom stereocenters. The molecule has 0 bridgehead atoms. The van der Waals surface area contributed by atoms with Crippen LogP contribution in [0.2, 0.25) is 0 Å². The van der Waals surface area contributed by atoms with Crippen LogP contribution in [0.15, 0.2) is 54.6 Å². The van der Waals surface area contributed by atoms with Crippen LogP contribution in [-0.2, 0) is 4.79 Å². The predicted octanol–water partition coefficient (Wildman–Crippen LogP) is 5.67. The van der Waals surface area contributed by atoms with E-state index in [0.29, 0.717) is 0 Å². The number of nitrogens with one attached hydrogen (secondary N) is 1. The molecular weight excluding hydrogens is 346 g/mol. The molecule has 4 heteroatoms. The number of benzene rings is 2. The summed E-state index contributed by atoms with van der Waals surface area (Å²) in [4.78, 5) is 12.9. The number of carbonyl (C=O) groups is 1. The van der Waals surface area contributed by atoms with Gasteiger partial charge < -0.3 is 5.32 Å². The lowest BCUT2D eigenvalue weighted by atomic mass is 9.89. The molecule has 4 rings (SSSR count). The molecule has 2 aromatic carbocycles. The van der Waals surface area contributed by atoms with Gasteiger partial charge in [0.05, 0.1) is 11.4 Å². The third kappa shape index (κ3) is 3.86. The monoisotopic (exact) mass is 373 g/mol. The van der Waals surface area contributed by atoms with Crippen LogP contribution in [0.3, 0.4) is 0 Å². The number of anilines is 1. The molecule has 0 aliphatic heterocycles. The van der Waals surface area contributed by atoms with Crippen LogP contribution in [0.4, 0.5) is 5.82 Å². The number of hydrogen-bond acceptors (Lipinski definition) is 2. The van der Waals surface area contributed by atoms with Crippen molar-refractivity contribution in [3.63, 3.8) is 0 Å². The molecular formula is C24H27N3O. The zero-order valence-electron chi connectivity index (χ0n) is 16.6. The van der Waals surface area contributed by atoms with Crippen molar-refractivity contribution in [2.45, 2.75) is 46.0 Å². The Balaban J connectivity index is 1.71. The molecule has 144 valence electrons. The number of amides is 1. The molecule has 1 aliphatic carbocycles. The first-order chi connectivity index (χ1) is 13.6. The number of nitrogens with zero attached hydrogens (tertiary/aromatic N) is 2. The third-order valence-corrected chi connectivity index (χ3v) is 5.63. The van der Waals surface area contributed by atoms with E-state index < -0.39 is 0 Å². The molecule has 0 spiro atoms. The van der Waals surface area contributed by atoms with E-state index >= 15 is 0 Å². The molecule has 1 heterocycles. The van der Waals surface area contributed by atoms with Gasteiger partial charge in [-0.3, -0.25) is 4.79 Å². The van der Waals surface area contributed by atoms with Gasteiger partial charge in [0.15, 0.2) is 0 Å². The van der Waals surface area contributed by atoms with Crippen molar-refractivity contribution < 1.29 is 4.79 Å².